The fraction of sp³-hybridized carbons (Fsp3) is 0.667. The number of rotatable bonds is 6. The van der Waals surface area contributed by atoms with E-state index in [0.717, 1.165) is 19.3 Å². The maximum Gasteiger partial charge on any atom is 0.0299 e. The quantitative estimate of drug-likeness (QED) is 0.741. The predicted molar refractivity (Wildman–Crippen MR) is 76.6 cm³/mol. The van der Waals surface area contributed by atoms with Gasteiger partial charge >= 0.3 is 0 Å². The lowest BCUT2D eigenvalue weighted by molar-refractivity contribution is 0.498. The molecule has 0 saturated carbocycles. The molecule has 1 atom stereocenters. The van der Waals surface area contributed by atoms with Crippen molar-refractivity contribution in [2.45, 2.75) is 58.4 Å². The Morgan fingerprint density at radius 2 is 2.24 bits per heavy atom. The summed E-state index contributed by atoms with van der Waals surface area (Å²) in [7, 11) is 2.06. The van der Waals surface area contributed by atoms with Gasteiger partial charge in [0.1, 0.15) is 0 Å². The molecule has 2 heteroatoms. The zero-order chi connectivity index (χ0) is 12.5. The Morgan fingerprint density at radius 1 is 1.41 bits per heavy atom. The van der Waals surface area contributed by atoms with Gasteiger partial charge in [0.25, 0.3) is 0 Å². The Hall–Kier alpha value is -0.890. The van der Waals surface area contributed by atoms with Gasteiger partial charge in [0.05, 0.1) is 0 Å². The second kappa shape index (κ2) is 8.24. The van der Waals surface area contributed by atoms with Crippen molar-refractivity contribution in [3.63, 3.8) is 0 Å². The van der Waals surface area contributed by atoms with Crippen molar-refractivity contribution in [2.75, 3.05) is 7.05 Å². The predicted octanol–water partition coefficient (Wildman–Crippen LogP) is 3.85. The topological polar surface area (TPSA) is 24.4 Å². The molecular formula is C15H26N2. The van der Waals surface area contributed by atoms with Crippen LogP contribution in [0.25, 0.3) is 0 Å². The molecule has 0 fully saturated rings. The zero-order valence-corrected chi connectivity index (χ0v) is 11.5. The van der Waals surface area contributed by atoms with Crippen LogP contribution in [-0.4, -0.2) is 19.3 Å². The van der Waals surface area contributed by atoms with Crippen LogP contribution in [0, 0.1) is 0 Å². The molecule has 96 valence electrons. The van der Waals surface area contributed by atoms with Crippen LogP contribution in [0.1, 0.15) is 52.4 Å². The Morgan fingerprint density at radius 3 is 2.94 bits per heavy atom. The molecule has 0 radical (unpaired) electrons. The number of nitrogens with one attached hydrogen (secondary N) is 1. The first-order valence-corrected chi connectivity index (χ1v) is 6.83. The van der Waals surface area contributed by atoms with Gasteiger partial charge in [-0.25, -0.2) is 0 Å². The van der Waals surface area contributed by atoms with Crippen molar-refractivity contribution >= 4 is 6.21 Å². The summed E-state index contributed by atoms with van der Waals surface area (Å²) >= 11 is 0. The molecule has 0 aliphatic carbocycles. The highest BCUT2D eigenvalue weighted by Crippen LogP contribution is 2.20. The highest BCUT2D eigenvalue weighted by atomic mass is 14.9. The largest absolute Gasteiger partial charge is 0.317 e. The SMILES string of the molecule is CCCCC(CC1=CN=CCCC=C1C)NC. The second-order valence-corrected chi connectivity index (χ2v) is 4.78. The van der Waals surface area contributed by atoms with Crippen molar-refractivity contribution in [2.24, 2.45) is 4.99 Å². The van der Waals surface area contributed by atoms with E-state index in [1.54, 1.807) is 0 Å². The van der Waals surface area contributed by atoms with Crippen LogP contribution in [0.4, 0.5) is 0 Å². The molecule has 1 aliphatic rings. The fourth-order valence-electron chi connectivity index (χ4n) is 2.10. The van der Waals surface area contributed by atoms with Gasteiger partial charge in [-0.2, -0.15) is 0 Å². The maximum absolute atomic E-state index is 4.37. The second-order valence-electron chi connectivity index (χ2n) is 4.78. The zero-order valence-electron chi connectivity index (χ0n) is 11.5. The first-order valence-electron chi connectivity index (χ1n) is 6.83. The number of allylic oxidation sites excluding steroid dienone is 2. The number of nitrogens with zero attached hydrogens (tertiary/aromatic N) is 1. The summed E-state index contributed by atoms with van der Waals surface area (Å²) < 4.78 is 0. The van der Waals surface area contributed by atoms with Crippen LogP contribution in [-0.2, 0) is 0 Å². The van der Waals surface area contributed by atoms with Gasteiger partial charge in [-0.15, -0.1) is 0 Å². The summed E-state index contributed by atoms with van der Waals surface area (Å²) in [5, 5.41) is 3.42. The van der Waals surface area contributed by atoms with Gasteiger partial charge in [-0.1, -0.05) is 31.4 Å². The van der Waals surface area contributed by atoms with Crippen LogP contribution in [0.3, 0.4) is 0 Å². The molecule has 0 aromatic rings. The van der Waals surface area contributed by atoms with Gasteiger partial charge in [-0.3, -0.25) is 4.99 Å². The monoisotopic (exact) mass is 234 g/mol. The third-order valence-electron chi connectivity index (χ3n) is 3.37. The minimum atomic E-state index is 0.583. The molecule has 1 unspecified atom stereocenters. The first kappa shape index (κ1) is 14.2. The van der Waals surface area contributed by atoms with E-state index in [-0.39, 0.29) is 0 Å². The standard InChI is InChI=1S/C15H26N2/c1-4-5-9-15(16-3)11-14-12-17-10-7-6-8-13(14)2/h8,10,12,15-16H,4-7,9,11H2,1-3H3. The summed E-state index contributed by atoms with van der Waals surface area (Å²) in [5.41, 5.74) is 2.79. The Kier molecular flexibility index (Phi) is 6.87. The summed E-state index contributed by atoms with van der Waals surface area (Å²) in [6.07, 6.45) is 13.5. The van der Waals surface area contributed by atoms with Gasteiger partial charge in [-0.05, 0) is 45.2 Å². The lowest BCUT2D eigenvalue weighted by Crippen LogP contribution is -2.25. The molecule has 1 heterocycles. The lowest BCUT2D eigenvalue weighted by atomic mass is 9.96. The van der Waals surface area contributed by atoms with Crippen molar-refractivity contribution in [1.29, 1.82) is 0 Å². The van der Waals surface area contributed by atoms with Crippen LogP contribution < -0.4 is 5.32 Å². The normalized spacial score (nSPS) is 18.1. The maximum atomic E-state index is 4.37. The van der Waals surface area contributed by atoms with E-state index in [2.05, 4.69) is 37.3 Å². The van der Waals surface area contributed by atoms with E-state index >= 15 is 0 Å². The van der Waals surface area contributed by atoms with Crippen LogP contribution >= 0.6 is 0 Å². The van der Waals surface area contributed by atoms with Crippen molar-refractivity contribution in [3.8, 4) is 0 Å². The number of unbranched alkanes of at least 4 members (excludes halogenated alkanes) is 1. The lowest BCUT2D eigenvalue weighted by Gasteiger charge is -2.18. The van der Waals surface area contributed by atoms with Crippen LogP contribution in [0.2, 0.25) is 0 Å². The molecule has 0 saturated heterocycles. The van der Waals surface area contributed by atoms with E-state index in [1.807, 2.05) is 12.4 Å². The highest BCUT2D eigenvalue weighted by Gasteiger charge is 2.10. The third kappa shape index (κ3) is 5.31. The van der Waals surface area contributed by atoms with Crippen molar-refractivity contribution in [3.05, 3.63) is 23.4 Å². The van der Waals surface area contributed by atoms with E-state index in [4.69, 9.17) is 0 Å². The summed E-state index contributed by atoms with van der Waals surface area (Å²) in [5.74, 6) is 0. The van der Waals surface area contributed by atoms with Gasteiger partial charge in [0, 0.05) is 18.5 Å². The van der Waals surface area contributed by atoms with Crippen LogP contribution in [0.15, 0.2) is 28.4 Å². The summed E-state index contributed by atoms with van der Waals surface area (Å²) in [6, 6.07) is 0.583. The first-order chi connectivity index (χ1) is 8.27. The van der Waals surface area contributed by atoms with Crippen molar-refractivity contribution in [1.82, 2.24) is 5.32 Å². The molecule has 0 aromatic carbocycles. The summed E-state index contributed by atoms with van der Waals surface area (Å²) in [4.78, 5) is 4.37. The number of hydrogen-bond acceptors (Lipinski definition) is 2. The Balaban J connectivity index is 2.62. The molecular weight excluding hydrogens is 208 g/mol. The summed E-state index contributed by atoms with van der Waals surface area (Å²) in [6.45, 7) is 4.45. The Bertz CT molecular complexity index is 300. The van der Waals surface area contributed by atoms with Gasteiger partial charge < -0.3 is 5.32 Å². The molecule has 0 aromatic heterocycles. The minimum absolute atomic E-state index is 0.583. The van der Waals surface area contributed by atoms with E-state index in [9.17, 15) is 0 Å². The van der Waals surface area contributed by atoms with E-state index in [0.29, 0.717) is 6.04 Å². The van der Waals surface area contributed by atoms with Crippen molar-refractivity contribution < 1.29 is 0 Å². The highest BCUT2D eigenvalue weighted by molar-refractivity contribution is 5.59. The van der Waals surface area contributed by atoms with Gasteiger partial charge in [0.15, 0.2) is 0 Å². The average Bonchev–Trinajstić information content (AvgIpc) is 2.33. The number of hydrogen-bond donors (Lipinski definition) is 1. The molecule has 1 N–H and O–H groups in total. The van der Waals surface area contributed by atoms with Gasteiger partial charge in [0.2, 0.25) is 0 Å². The third-order valence-corrected chi connectivity index (χ3v) is 3.37. The molecule has 1 rings (SSSR count). The average molecular weight is 234 g/mol. The number of aliphatic imine (C=N–C) groups is 1. The molecule has 17 heavy (non-hydrogen) atoms. The molecule has 0 bridgehead atoms. The van der Waals surface area contributed by atoms with Crippen LogP contribution in [0.5, 0.6) is 0 Å². The van der Waals surface area contributed by atoms with E-state index in [1.165, 1.54) is 30.4 Å². The Labute approximate surface area is 106 Å². The fourth-order valence-corrected chi connectivity index (χ4v) is 2.10. The minimum Gasteiger partial charge on any atom is -0.317 e. The van der Waals surface area contributed by atoms with E-state index < -0.39 is 0 Å². The molecule has 0 amide bonds. The molecule has 0 spiro atoms. The molecule has 2 nitrogen and oxygen atoms in total. The smallest absolute Gasteiger partial charge is 0.0299 e. The molecule has 1 aliphatic heterocycles.